The molecule has 1 unspecified atom stereocenters. The Kier molecular flexibility index (Phi) is 4.65. The Morgan fingerprint density at radius 3 is 2.88 bits per heavy atom. The number of aromatic nitrogens is 1. The quantitative estimate of drug-likeness (QED) is 0.936. The third-order valence-corrected chi connectivity index (χ3v) is 4.84. The molecule has 2 aromatic rings. The highest BCUT2D eigenvalue weighted by Crippen LogP contribution is 2.27. The van der Waals surface area contributed by atoms with Crippen molar-refractivity contribution in [3.05, 3.63) is 40.2 Å². The third-order valence-electron chi connectivity index (χ3n) is 4.84. The molecule has 0 spiro atoms. The molecular weight excluding hydrogens is 304 g/mol. The molecule has 0 amide bonds. The molecule has 0 bridgehead atoms. The minimum atomic E-state index is -0.0937. The van der Waals surface area contributed by atoms with E-state index in [1.54, 1.807) is 7.11 Å². The number of pyridine rings is 1. The van der Waals surface area contributed by atoms with E-state index in [0.29, 0.717) is 12.6 Å². The van der Waals surface area contributed by atoms with E-state index in [4.69, 9.17) is 9.47 Å². The van der Waals surface area contributed by atoms with Gasteiger partial charge in [-0.2, -0.15) is 0 Å². The van der Waals surface area contributed by atoms with E-state index < -0.39 is 0 Å². The Morgan fingerprint density at radius 1 is 1.38 bits per heavy atom. The van der Waals surface area contributed by atoms with E-state index >= 15 is 0 Å². The summed E-state index contributed by atoms with van der Waals surface area (Å²) in [5, 5.41) is 1.02. The Labute approximate surface area is 142 Å². The van der Waals surface area contributed by atoms with Gasteiger partial charge in [0.1, 0.15) is 5.75 Å². The topological polar surface area (TPSA) is 54.6 Å². The predicted molar refractivity (Wildman–Crippen MR) is 95.6 cm³/mol. The summed E-state index contributed by atoms with van der Waals surface area (Å²) in [5.41, 5.74) is 1.47. The second-order valence-electron chi connectivity index (χ2n) is 7.25. The molecule has 1 saturated heterocycles. The maximum absolute atomic E-state index is 12.4. The van der Waals surface area contributed by atoms with E-state index in [9.17, 15) is 4.79 Å². The lowest BCUT2D eigenvalue weighted by Gasteiger charge is -2.39. The molecule has 1 aliphatic heterocycles. The van der Waals surface area contributed by atoms with Gasteiger partial charge in [-0.15, -0.1) is 0 Å². The van der Waals surface area contributed by atoms with E-state index in [2.05, 4.69) is 30.8 Å². The molecule has 130 valence electrons. The van der Waals surface area contributed by atoms with Crippen molar-refractivity contribution >= 4 is 10.9 Å². The number of hydrogen-bond donors (Lipinski definition) is 1. The molecule has 1 aliphatic rings. The van der Waals surface area contributed by atoms with Gasteiger partial charge >= 0.3 is 0 Å². The number of fused-ring (bicyclic) bond motifs is 1. The fourth-order valence-electron chi connectivity index (χ4n) is 3.44. The van der Waals surface area contributed by atoms with Crippen molar-refractivity contribution < 1.29 is 9.47 Å². The van der Waals surface area contributed by atoms with E-state index in [1.807, 2.05) is 24.3 Å². The van der Waals surface area contributed by atoms with Crippen LogP contribution in [-0.4, -0.2) is 42.3 Å². The molecule has 3 rings (SSSR count). The third kappa shape index (κ3) is 3.62. The number of ether oxygens (including phenoxy) is 2. The van der Waals surface area contributed by atoms with Crippen molar-refractivity contribution in [2.75, 3.05) is 20.8 Å². The highest BCUT2D eigenvalue weighted by Gasteiger charge is 2.31. The van der Waals surface area contributed by atoms with Crippen molar-refractivity contribution in [3.8, 4) is 5.75 Å². The molecule has 1 N–H and O–H groups in total. The van der Waals surface area contributed by atoms with Gasteiger partial charge in [-0.3, -0.25) is 9.69 Å². The van der Waals surface area contributed by atoms with Crippen LogP contribution in [0.5, 0.6) is 5.75 Å². The summed E-state index contributed by atoms with van der Waals surface area (Å²) >= 11 is 0. The van der Waals surface area contributed by atoms with Gasteiger partial charge in [0.25, 0.3) is 5.56 Å². The molecule has 0 aliphatic carbocycles. The molecule has 0 radical (unpaired) electrons. The van der Waals surface area contributed by atoms with Gasteiger partial charge in [0, 0.05) is 30.8 Å². The van der Waals surface area contributed by atoms with Crippen LogP contribution in [0.3, 0.4) is 0 Å². The van der Waals surface area contributed by atoms with Crippen molar-refractivity contribution in [1.82, 2.24) is 9.88 Å². The maximum atomic E-state index is 12.4. The Hall–Kier alpha value is -1.85. The zero-order valence-electron chi connectivity index (χ0n) is 14.9. The molecule has 1 aromatic heterocycles. The summed E-state index contributed by atoms with van der Waals surface area (Å²) in [7, 11) is 3.71. The summed E-state index contributed by atoms with van der Waals surface area (Å²) in [6.07, 6.45) is 1.98. The first-order valence-corrected chi connectivity index (χ1v) is 8.42. The van der Waals surface area contributed by atoms with E-state index in [0.717, 1.165) is 41.7 Å². The first-order valence-electron chi connectivity index (χ1n) is 8.42. The molecule has 1 aromatic carbocycles. The SMILES string of the molecule is COc1ccc2cc(CN(C)C3CCOC(C)(C)C3)c(=O)[nH]c2c1. The smallest absolute Gasteiger partial charge is 0.252 e. The fraction of sp³-hybridized carbons (Fsp3) is 0.526. The maximum Gasteiger partial charge on any atom is 0.252 e. The van der Waals surface area contributed by atoms with E-state index in [1.165, 1.54) is 0 Å². The van der Waals surface area contributed by atoms with Crippen LogP contribution in [0.4, 0.5) is 0 Å². The largest absolute Gasteiger partial charge is 0.497 e. The standard InChI is InChI=1S/C19H26N2O3/c1-19(2)11-15(7-8-24-19)21(3)12-14-9-13-5-6-16(23-4)10-17(13)20-18(14)22/h5-6,9-10,15H,7-8,11-12H2,1-4H3,(H,20,22). The number of methoxy groups -OCH3 is 1. The van der Waals surface area contributed by atoms with Crippen LogP contribution in [0.15, 0.2) is 29.1 Å². The van der Waals surface area contributed by atoms with Crippen LogP contribution in [-0.2, 0) is 11.3 Å². The van der Waals surface area contributed by atoms with Gasteiger partial charge in [0.05, 0.1) is 18.2 Å². The highest BCUT2D eigenvalue weighted by atomic mass is 16.5. The summed E-state index contributed by atoms with van der Waals surface area (Å²) in [5.74, 6) is 0.743. The molecule has 0 saturated carbocycles. The lowest BCUT2D eigenvalue weighted by atomic mass is 9.93. The Bertz CT molecular complexity index is 782. The number of aromatic amines is 1. The molecule has 5 nitrogen and oxygen atoms in total. The number of nitrogens with zero attached hydrogens (tertiary/aromatic N) is 1. The average molecular weight is 330 g/mol. The van der Waals surface area contributed by atoms with Gasteiger partial charge in [0.2, 0.25) is 0 Å². The molecule has 1 atom stereocenters. The van der Waals surface area contributed by atoms with Crippen LogP contribution >= 0.6 is 0 Å². The molecule has 2 heterocycles. The lowest BCUT2D eigenvalue weighted by molar-refractivity contribution is -0.0809. The second-order valence-corrected chi connectivity index (χ2v) is 7.25. The van der Waals surface area contributed by atoms with Crippen LogP contribution in [0.1, 0.15) is 32.3 Å². The Morgan fingerprint density at radius 2 is 2.17 bits per heavy atom. The summed E-state index contributed by atoms with van der Waals surface area (Å²) in [6.45, 7) is 5.67. The highest BCUT2D eigenvalue weighted by molar-refractivity contribution is 5.80. The predicted octanol–water partition coefficient (Wildman–Crippen LogP) is 2.93. The van der Waals surface area contributed by atoms with Crippen molar-refractivity contribution in [2.24, 2.45) is 0 Å². The van der Waals surface area contributed by atoms with Crippen LogP contribution < -0.4 is 10.3 Å². The average Bonchev–Trinajstić information content (AvgIpc) is 2.54. The van der Waals surface area contributed by atoms with Gasteiger partial charge in [-0.1, -0.05) is 0 Å². The normalized spacial score (nSPS) is 20.5. The van der Waals surface area contributed by atoms with Crippen LogP contribution in [0, 0.1) is 0 Å². The number of H-pyrrole nitrogens is 1. The summed E-state index contributed by atoms with van der Waals surface area (Å²) in [4.78, 5) is 17.7. The van der Waals surface area contributed by atoms with Gasteiger partial charge < -0.3 is 14.5 Å². The second kappa shape index (κ2) is 6.57. The van der Waals surface area contributed by atoms with Gasteiger partial charge in [-0.05, 0) is 57.3 Å². The van der Waals surface area contributed by atoms with Crippen LogP contribution in [0.25, 0.3) is 10.9 Å². The van der Waals surface area contributed by atoms with Crippen molar-refractivity contribution in [1.29, 1.82) is 0 Å². The summed E-state index contributed by atoms with van der Waals surface area (Å²) < 4.78 is 11.0. The molecular formula is C19H26N2O3. The fourth-order valence-corrected chi connectivity index (χ4v) is 3.44. The molecule has 1 fully saturated rings. The van der Waals surface area contributed by atoms with Crippen molar-refractivity contribution in [2.45, 2.75) is 44.9 Å². The van der Waals surface area contributed by atoms with Gasteiger partial charge in [0.15, 0.2) is 0 Å². The Balaban J connectivity index is 1.81. The summed E-state index contributed by atoms with van der Waals surface area (Å²) in [6, 6.07) is 8.15. The van der Waals surface area contributed by atoms with E-state index in [-0.39, 0.29) is 11.2 Å². The molecule has 5 heteroatoms. The van der Waals surface area contributed by atoms with Gasteiger partial charge in [-0.25, -0.2) is 0 Å². The van der Waals surface area contributed by atoms with Crippen molar-refractivity contribution in [3.63, 3.8) is 0 Å². The molecule has 24 heavy (non-hydrogen) atoms. The number of nitrogens with one attached hydrogen (secondary N) is 1. The number of hydrogen-bond acceptors (Lipinski definition) is 4. The number of rotatable bonds is 4. The number of benzene rings is 1. The first-order chi connectivity index (χ1) is 11.4. The lowest BCUT2D eigenvalue weighted by Crippen LogP contribution is -2.44. The van der Waals surface area contributed by atoms with Crippen LogP contribution in [0.2, 0.25) is 0 Å². The monoisotopic (exact) mass is 330 g/mol. The zero-order chi connectivity index (χ0) is 17.3. The first kappa shape index (κ1) is 17.0. The minimum absolute atomic E-state index is 0.0334. The zero-order valence-corrected chi connectivity index (χ0v) is 14.9. The minimum Gasteiger partial charge on any atom is -0.497 e.